The standard InChI is InChI=1S/C16H20N2O/c1-13(14-6-4-3-5-7-14)15(19)18-10-8-16(2,12-17)9-11-18/h3-7,13H,8-11H2,1-2H3. The molecule has 0 radical (unpaired) electrons. The van der Waals surface area contributed by atoms with Gasteiger partial charge < -0.3 is 4.90 Å². The number of likely N-dealkylation sites (tertiary alicyclic amines) is 1. The van der Waals surface area contributed by atoms with Crippen molar-refractivity contribution >= 4 is 5.91 Å². The molecule has 1 atom stereocenters. The topological polar surface area (TPSA) is 44.1 Å². The monoisotopic (exact) mass is 256 g/mol. The lowest BCUT2D eigenvalue weighted by atomic mass is 9.81. The van der Waals surface area contributed by atoms with Crippen LogP contribution in [0, 0.1) is 16.7 Å². The molecule has 1 heterocycles. The van der Waals surface area contributed by atoms with Crippen LogP contribution in [0.4, 0.5) is 0 Å². The molecule has 1 saturated heterocycles. The third-order valence-corrected chi connectivity index (χ3v) is 4.12. The van der Waals surface area contributed by atoms with E-state index < -0.39 is 0 Å². The smallest absolute Gasteiger partial charge is 0.229 e. The molecule has 1 aliphatic rings. The summed E-state index contributed by atoms with van der Waals surface area (Å²) in [7, 11) is 0. The molecule has 1 aromatic rings. The molecular formula is C16H20N2O. The van der Waals surface area contributed by atoms with E-state index in [9.17, 15) is 4.79 Å². The van der Waals surface area contributed by atoms with Crippen LogP contribution in [0.25, 0.3) is 0 Å². The Morgan fingerprint density at radius 1 is 1.32 bits per heavy atom. The quantitative estimate of drug-likeness (QED) is 0.816. The Hall–Kier alpha value is -1.82. The van der Waals surface area contributed by atoms with Crippen LogP contribution in [0.2, 0.25) is 0 Å². The molecule has 0 spiro atoms. The summed E-state index contributed by atoms with van der Waals surface area (Å²) in [6, 6.07) is 12.2. The lowest BCUT2D eigenvalue weighted by Gasteiger charge is -2.36. The number of hydrogen-bond acceptors (Lipinski definition) is 2. The maximum absolute atomic E-state index is 12.4. The van der Waals surface area contributed by atoms with Crippen LogP contribution in [-0.2, 0) is 4.79 Å². The van der Waals surface area contributed by atoms with Gasteiger partial charge in [0.2, 0.25) is 5.91 Å². The van der Waals surface area contributed by atoms with E-state index in [0.717, 1.165) is 18.4 Å². The van der Waals surface area contributed by atoms with Crippen LogP contribution in [0.15, 0.2) is 30.3 Å². The molecular weight excluding hydrogens is 236 g/mol. The summed E-state index contributed by atoms with van der Waals surface area (Å²) in [5, 5.41) is 9.11. The third-order valence-electron chi connectivity index (χ3n) is 4.12. The van der Waals surface area contributed by atoms with Crippen LogP contribution >= 0.6 is 0 Å². The van der Waals surface area contributed by atoms with Crippen molar-refractivity contribution in [3.05, 3.63) is 35.9 Å². The van der Waals surface area contributed by atoms with Crippen LogP contribution in [0.5, 0.6) is 0 Å². The minimum atomic E-state index is -0.257. The number of carbonyl (C=O) groups excluding carboxylic acids is 1. The molecule has 2 rings (SSSR count). The van der Waals surface area contributed by atoms with E-state index in [2.05, 4.69) is 6.07 Å². The minimum absolute atomic E-state index is 0.104. The molecule has 1 unspecified atom stereocenters. The first-order valence-corrected chi connectivity index (χ1v) is 6.81. The summed E-state index contributed by atoms with van der Waals surface area (Å²) < 4.78 is 0. The molecule has 19 heavy (non-hydrogen) atoms. The zero-order chi connectivity index (χ0) is 13.9. The second kappa shape index (κ2) is 5.44. The van der Waals surface area contributed by atoms with Crippen molar-refractivity contribution in [3.8, 4) is 6.07 Å². The molecule has 1 amide bonds. The lowest BCUT2D eigenvalue weighted by Crippen LogP contribution is -2.43. The molecule has 0 aliphatic carbocycles. The number of amides is 1. The first kappa shape index (κ1) is 13.6. The summed E-state index contributed by atoms with van der Waals surface area (Å²) in [4.78, 5) is 14.3. The van der Waals surface area contributed by atoms with Crippen molar-refractivity contribution in [3.63, 3.8) is 0 Å². The lowest BCUT2D eigenvalue weighted by molar-refractivity contribution is -0.134. The third kappa shape index (κ3) is 2.96. The fourth-order valence-corrected chi connectivity index (χ4v) is 2.49. The van der Waals surface area contributed by atoms with E-state index in [1.165, 1.54) is 0 Å². The Morgan fingerprint density at radius 3 is 2.42 bits per heavy atom. The fraction of sp³-hybridized carbons (Fsp3) is 0.500. The first-order chi connectivity index (χ1) is 9.06. The highest BCUT2D eigenvalue weighted by Gasteiger charge is 2.33. The van der Waals surface area contributed by atoms with Crippen molar-refractivity contribution < 1.29 is 4.79 Å². The molecule has 0 N–H and O–H groups in total. The Kier molecular flexibility index (Phi) is 3.90. The summed E-state index contributed by atoms with van der Waals surface area (Å²) >= 11 is 0. The Morgan fingerprint density at radius 2 is 1.89 bits per heavy atom. The molecule has 0 aromatic heterocycles. The van der Waals surface area contributed by atoms with Gasteiger partial charge in [-0.15, -0.1) is 0 Å². The van der Waals surface area contributed by atoms with Gasteiger partial charge in [-0.3, -0.25) is 4.79 Å². The molecule has 3 heteroatoms. The summed E-state index contributed by atoms with van der Waals surface area (Å²) in [6.45, 7) is 5.32. The van der Waals surface area contributed by atoms with Crippen molar-refractivity contribution in [2.24, 2.45) is 5.41 Å². The van der Waals surface area contributed by atoms with Crippen LogP contribution in [-0.4, -0.2) is 23.9 Å². The summed E-state index contributed by atoms with van der Waals surface area (Å²) in [5.41, 5.74) is 0.799. The zero-order valence-corrected chi connectivity index (χ0v) is 11.6. The van der Waals surface area contributed by atoms with Crippen molar-refractivity contribution in [2.75, 3.05) is 13.1 Å². The first-order valence-electron chi connectivity index (χ1n) is 6.81. The van der Waals surface area contributed by atoms with Crippen LogP contribution < -0.4 is 0 Å². The van der Waals surface area contributed by atoms with Gasteiger partial charge in [0, 0.05) is 13.1 Å². The van der Waals surface area contributed by atoms with Crippen LogP contribution in [0.3, 0.4) is 0 Å². The van der Waals surface area contributed by atoms with Gasteiger partial charge in [0.1, 0.15) is 0 Å². The fourth-order valence-electron chi connectivity index (χ4n) is 2.49. The Bertz CT molecular complexity index is 481. The maximum atomic E-state index is 12.4. The van der Waals surface area contributed by atoms with Gasteiger partial charge in [0.25, 0.3) is 0 Å². The minimum Gasteiger partial charge on any atom is -0.342 e. The predicted octanol–water partition coefficient (Wildman–Crippen LogP) is 2.94. The van der Waals surface area contributed by atoms with Crippen molar-refractivity contribution in [1.82, 2.24) is 4.90 Å². The van der Waals surface area contributed by atoms with E-state index in [-0.39, 0.29) is 17.2 Å². The number of nitrogens with zero attached hydrogens (tertiary/aromatic N) is 2. The summed E-state index contributed by atoms with van der Waals surface area (Å²) in [6.07, 6.45) is 1.55. The molecule has 1 fully saturated rings. The highest BCUT2D eigenvalue weighted by molar-refractivity contribution is 5.83. The molecule has 0 bridgehead atoms. The highest BCUT2D eigenvalue weighted by atomic mass is 16.2. The van der Waals surface area contributed by atoms with Crippen molar-refractivity contribution in [2.45, 2.75) is 32.6 Å². The van der Waals surface area contributed by atoms with Gasteiger partial charge in [-0.25, -0.2) is 0 Å². The zero-order valence-electron chi connectivity index (χ0n) is 11.6. The Labute approximate surface area is 114 Å². The van der Waals surface area contributed by atoms with Gasteiger partial charge in [-0.2, -0.15) is 5.26 Å². The predicted molar refractivity (Wildman–Crippen MR) is 74.4 cm³/mol. The van der Waals surface area contributed by atoms with Gasteiger partial charge in [-0.05, 0) is 32.3 Å². The van der Waals surface area contributed by atoms with Crippen molar-refractivity contribution in [1.29, 1.82) is 5.26 Å². The molecule has 1 aliphatic heterocycles. The molecule has 3 nitrogen and oxygen atoms in total. The SMILES string of the molecule is CC(C(=O)N1CCC(C)(C#N)CC1)c1ccccc1. The number of nitriles is 1. The second-order valence-electron chi connectivity index (χ2n) is 5.63. The van der Waals surface area contributed by atoms with Crippen LogP contribution in [0.1, 0.15) is 38.2 Å². The van der Waals surface area contributed by atoms with E-state index in [4.69, 9.17) is 5.26 Å². The number of piperidine rings is 1. The van der Waals surface area contributed by atoms with E-state index in [1.807, 2.05) is 49.1 Å². The maximum Gasteiger partial charge on any atom is 0.229 e. The number of hydrogen-bond donors (Lipinski definition) is 0. The van der Waals surface area contributed by atoms with Gasteiger partial charge >= 0.3 is 0 Å². The van der Waals surface area contributed by atoms with Gasteiger partial charge in [0.15, 0.2) is 0 Å². The van der Waals surface area contributed by atoms with E-state index in [0.29, 0.717) is 13.1 Å². The molecule has 1 aromatic carbocycles. The van der Waals surface area contributed by atoms with E-state index >= 15 is 0 Å². The molecule has 0 saturated carbocycles. The summed E-state index contributed by atoms with van der Waals surface area (Å²) in [5.74, 6) is 0.0684. The average Bonchev–Trinajstić information content (AvgIpc) is 2.47. The second-order valence-corrected chi connectivity index (χ2v) is 5.63. The van der Waals surface area contributed by atoms with E-state index in [1.54, 1.807) is 0 Å². The average molecular weight is 256 g/mol. The molecule has 100 valence electrons. The Balaban J connectivity index is 2.01. The van der Waals surface area contributed by atoms with Gasteiger partial charge in [0.05, 0.1) is 17.4 Å². The number of rotatable bonds is 2. The largest absolute Gasteiger partial charge is 0.342 e. The number of benzene rings is 1. The highest BCUT2D eigenvalue weighted by Crippen LogP contribution is 2.31. The number of carbonyl (C=O) groups is 1. The van der Waals surface area contributed by atoms with Gasteiger partial charge in [-0.1, -0.05) is 30.3 Å². The normalized spacial score (nSPS) is 19.5.